The van der Waals surface area contributed by atoms with Crippen LogP contribution >= 0.6 is 0 Å². The standard InChI is InChI=1S/C37H72N2O4/c1-4-7-10-13-14-15-16-17-18-19-20-21-22-23-26-29-35(40)38-34(37(42)43)30-31-36(41)39(32-27-24-11-8-5-2)33-28-25-12-9-6-3/h34H,4-33H2,1-3H3,(H,38,40)(H,42,43)/t34-/m0/s1. The highest BCUT2D eigenvalue weighted by Gasteiger charge is 2.22. The van der Waals surface area contributed by atoms with E-state index < -0.39 is 12.0 Å². The number of hydrogen-bond donors (Lipinski definition) is 2. The molecule has 2 amide bonds. The van der Waals surface area contributed by atoms with Crippen molar-refractivity contribution in [3.8, 4) is 0 Å². The maximum atomic E-state index is 13.0. The van der Waals surface area contributed by atoms with Gasteiger partial charge < -0.3 is 15.3 Å². The van der Waals surface area contributed by atoms with Gasteiger partial charge in [-0.25, -0.2) is 4.79 Å². The van der Waals surface area contributed by atoms with Crippen LogP contribution in [0, 0.1) is 0 Å². The van der Waals surface area contributed by atoms with E-state index in [4.69, 9.17) is 0 Å². The minimum absolute atomic E-state index is 0.0221. The minimum Gasteiger partial charge on any atom is -0.480 e. The summed E-state index contributed by atoms with van der Waals surface area (Å²) in [4.78, 5) is 39.3. The highest BCUT2D eigenvalue weighted by molar-refractivity contribution is 5.84. The van der Waals surface area contributed by atoms with E-state index in [1.807, 2.05) is 4.90 Å². The number of carbonyl (C=O) groups excluding carboxylic acids is 2. The second kappa shape index (κ2) is 31.8. The summed E-state index contributed by atoms with van der Waals surface area (Å²) in [6.45, 7) is 8.16. The van der Waals surface area contributed by atoms with Gasteiger partial charge in [0.1, 0.15) is 6.04 Å². The fourth-order valence-corrected chi connectivity index (χ4v) is 5.78. The molecular formula is C37H72N2O4. The van der Waals surface area contributed by atoms with Crippen LogP contribution in [0.1, 0.15) is 201 Å². The van der Waals surface area contributed by atoms with Gasteiger partial charge in [-0.05, 0) is 25.7 Å². The van der Waals surface area contributed by atoms with Crippen molar-refractivity contribution in [2.75, 3.05) is 13.1 Å². The van der Waals surface area contributed by atoms with Gasteiger partial charge in [-0.15, -0.1) is 0 Å². The molecule has 0 aromatic heterocycles. The number of unbranched alkanes of at least 4 members (excludes halogenated alkanes) is 22. The molecule has 0 heterocycles. The second-order valence-corrected chi connectivity index (χ2v) is 12.9. The molecule has 0 radical (unpaired) electrons. The van der Waals surface area contributed by atoms with Crippen LogP contribution in [0.4, 0.5) is 0 Å². The molecular weight excluding hydrogens is 536 g/mol. The summed E-state index contributed by atoms with van der Waals surface area (Å²) in [6, 6.07) is -0.997. The van der Waals surface area contributed by atoms with Crippen molar-refractivity contribution in [2.45, 2.75) is 207 Å². The highest BCUT2D eigenvalue weighted by atomic mass is 16.4. The molecule has 0 aliphatic rings. The molecule has 254 valence electrons. The third-order valence-corrected chi connectivity index (χ3v) is 8.70. The number of carboxylic acid groups (broad SMARTS) is 1. The lowest BCUT2D eigenvalue weighted by Crippen LogP contribution is -2.42. The first-order chi connectivity index (χ1) is 21.0. The van der Waals surface area contributed by atoms with Gasteiger partial charge in [0, 0.05) is 25.9 Å². The van der Waals surface area contributed by atoms with Gasteiger partial charge in [-0.2, -0.15) is 0 Å². The molecule has 43 heavy (non-hydrogen) atoms. The molecule has 0 unspecified atom stereocenters. The molecule has 6 heteroatoms. The van der Waals surface area contributed by atoms with E-state index in [1.54, 1.807) is 0 Å². The third kappa shape index (κ3) is 27.7. The lowest BCUT2D eigenvalue weighted by Gasteiger charge is -2.24. The van der Waals surface area contributed by atoms with E-state index in [1.165, 1.54) is 116 Å². The summed E-state index contributed by atoms with van der Waals surface area (Å²) in [5.74, 6) is -1.24. The summed E-state index contributed by atoms with van der Waals surface area (Å²) >= 11 is 0. The van der Waals surface area contributed by atoms with Gasteiger partial charge in [0.15, 0.2) is 0 Å². The van der Waals surface area contributed by atoms with E-state index in [2.05, 4.69) is 26.1 Å². The van der Waals surface area contributed by atoms with Crippen molar-refractivity contribution in [2.24, 2.45) is 0 Å². The van der Waals surface area contributed by atoms with Crippen molar-refractivity contribution in [3.63, 3.8) is 0 Å². The van der Waals surface area contributed by atoms with Crippen molar-refractivity contribution < 1.29 is 19.5 Å². The molecule has 0 rings (SSSR count). The molecule has 0 aromatic rings. The van der Waals surface area contributed by atoms with Crippen molar-refractivity contribution in [3.05, 3.63) is 0 Å². The monoisotopic (exact) mass is 609 g/mol. The van der Waals surface area contributed by atoms with E-state index in [0.717, 1.165) is 58.0 Å². The fourth-order valence-electron chi connectivity index (χ4n) is 5.78. The molecule has 0 fully saturated rings. The van der Waals surface area contributed by atoms with Crippen LogP contribution in [0.3, 0.4) is 0 Å². The summed E-state index contributed by atoms with van der Waals surface area (Å²) in [7, 11) is 0. The Kier molecular flexibility index (Phi) is 30.6. The first kappa shape index (κ1) is 41.4. The van der Waals surface area contributed by atoms with Crippen molar-refractivity contribution in [1.29, 1.82) is 0 Å². The molecule has 1 atom stereocenters. The van der Waals surface area contributed by atoms with Gasteiger partial charge in [0.25, 0.3) is 0 Å². The van der Waals surface area contributed by atoms with Gasteiger partial charge in [-0.1, -0.05) is 162 Å². The number of hydrogen-bond acceptors (Lipinski definition) is 3. The average molecular weight is 609 g/mol. The van der Waals surface area contributed by atoms with Gasteiger partial charge in [-0.3, -0.25) is 9.59 Å². The van der Waals surface area contributed by atoms with Crippen LogP contribution in [0.25, 0.3) is 0 Å². The Hall–Kier alpha value is -1.59. The zero-order valence-electron chi connectivity index (χ0n) is 28.9. The number of carboxylic acids is 1. The largest absolute Gasteiger partial charge is 0.480 e. The second-order valence-electron chi connectivity index (χ2n) is 12.9. The van der Waals surface area contributed by atoms with Gasteiger partial charge in [0.05, 0.1) is 0 Å². The molecule has 6 nitrogen and oxygen atoms in total. The Labute approximate surface area is 266 Å². The Bertz CT molecular complexity index is 641. The molecule has 2 N–H and O–H groups in total. The lowest BCUT2D eigenvalue weighted by atomic mass is 10.0. The van der Waals surface area contributed by atoms with E-state index in [0.29, 0.717) is 6.42 Å². The quantitative estimate of drug-likeness (QED) is 0.0726. The van der Waals surface area contributed by atoms with Crippen LogP contribution in [-0.4, -0.2) is 46.9 Å². The van der Waals surface area contributed by atoms with Gasteiger partial charge >= 0.3 is 5.97 Å². The maximum absolute atomic E-state index is 13.0. The number of nitrogens with one attached hydrogen (secondary N) is 1. The van der Waals surface area contributed by atoms with Crippen LogP contribution < -0.4 is 5.32 Å². The van der Waals surface area contributed by atoms with E-state index >= 15 is 0 Å². The van der Waals surface area contributed by atoms with E-state index in [9.17, 15) is 19.5 Å². The molecule has 0 aromatic carbocycles. The van der Waals surface area contributed by atoms with Crippen molar-refractivity contribution in [1.82, 2.24) is 10.2 Å². The topological polar surface area (TPSA) is 86.7 Å². The normalized spacial score (nSPS) is 11.9. The summed E-state index contributed by atoms with van der Waals surface area (Å²) in [5.41, 5.74) is 0. The molecule has 0 aliphatic heterocycles. The Morgan fingerprint density at radius 2 is 0.860 bits per heavy atom. The van der Waals surface area contributed by atoms with Gasteiger partial charge in [0.2, 0.25) is 11.8 Å². The minimum atomic E-state index is -1.05. The number of carbonyl (C=O) groups is 3. The number of nitrogens with zero attached hydrogens (tertiary/aromatic N) is 1. The molecule has 0 spiro atoms. The summed E-state index contributed by atoms with van der Waals surface area (Å²) in [5, 5.41) is 12.4. The van der Waals surface area contributed by atoms with Crippen LogP contribution in [0.15, 0.2) is 0 Å². The number of amides is 2. The zero-order valence-corrected chi connectivity index (χ0v) is 28.9. The average Bonchev–Trinajstić information content (AvgIpc) is 2.99. The lowest BCUT2D eigenvalue weighted by molar-refractivity contribution is -0.142. The SMILES string of the molecule is CCCCCCCCCCCCCCCCCC(=O)N[C@@H](CCC(=O)N(CCCCCCC)CCCCCCC)C(=O)O. The molecule has 0 saturated carbocycles. The zero-order chi connectivity index (χ0) is 31.8. The van der Waals surface area contributed by atoms with Crippen LogP contribution in [0.5, 0.6) is 0 Å². The molecule has 0 saturated heterocycles. The predicted octanol–water partition coefficient (Wildman–Crippen LogP) is 10.4. The van der Waals surface area contributed by atoms with Crippen molar-refractivity contribution >= 4 is 17.8 Å². The predicted molar refractivity (Wildman–Crippen MR) is 182 cm³/mol. The first-order valence-electron chi connectivity index (χ1n) is 18.8. The Morgan fingerprint density at radius 3 is 1.23 bits per heavy atom. The fraction of sp³-hybridized carbons (Fsp3) is 0.919. The summed E-state index contributed by atoms with van der Waals surface area (Å²) < 4.78 is 0. The third-order valence-electron chi connectivity index (χ3n) is 8.70. The van der Waals surface area contributed by atoms with Crippen LogP contribution in [0.2, 0.25) is 0 Å². The smallest absolute Gasteiger partial charge is 0.326 e. The van der Waals surface area contributed by atoms with Crippen LogP contribution in [-0.2, 0) is 14.4 Å². The Balaban J connectivity index is 4.16. The Morgan fingerprint density at radius 1 is 0.512 bits per heavy atom. The number of rotatable bonds is 33. The molecule has 0 bridgehead atoms. The maximum Gasteiger partial charge on any atom is 0.326 e. The van der Waals surface area contributed by atoms with E-state index in [-0.39, 0.29) is 24.7 Å². The number of aliphatic carboxylic acids is 1. The highest BCUT2D eigenvalue weighted by Crippen LogP contribution is 2.14. The summed E-state index contributed by atoms with van der Waals surface area (Å²) in [6.07, 6.45) is 31.3. The first-order valence-corrected chi connectivity index (χ1v) is 18.8. The molecule has 0 aliphatic carbocycles.